The summed E-state index contributed by atoms with van der Waals surface area (Å²) in [5.74, 6) is 1.92. The lowest BCUT2D eigenvalue weighted by Gasteiger charge is -2.12. The molecule has 0 aliphatic rings. The van der Waals surface area contributed by atoms with Crippen molar-refractivity contribution in [3.8, 4) is 78.1 Å². The number of rotatable bonds is 7. The molecule has 3 aromatic heterocycles. The van der Waals surface area contributed by atoms with Crippen molar-refractivity contribution in [2.45, 2.75) is 0 Å². The predicted octanol–water partition coefficient (Wildman–Crippen LogP) is 13.3. The zero-order chi connectivity index (χ0) is 36.6. The van der Waals surface area contributed by atoms with Crippen LogP contribution in [0.3, 0.4) is 0 Å². The van der Waals surface area contributed by atoms with Crippen molar-refractivity contribution >= 4 is 32.3 Å². The van der Waals surface area contributed by atoms with Gasteiger partial charge in [-0.15, -0.1) is 11.3 Å². The minimum absolute atomic E-state index is 0.634. The van der Waals surface area contributed by atoms with E-state index in [0.717, 1.165) is 55.5 Å². The van der Waals surface area contributed by atoms with Gasteiger partial charge in [-0.05, 0) is 40.5 Å². The lowest BCUT2D eigenvalue weighted by molar-refractivity contribution is 1.07. The fourth-order valence-corrected chi connectivity index (χ4v) is 8.64. The van der Waals surface area contributed by atoms with Gasteiger partial charge in [0.1, 0.15) is 0 Å². The number of nitrogens with zero attached hydrogens (tertiary/aromatic N) is 4. The van der Waals surface area contributed by atoms with Crippen LogP contribution < -0.4 is 0 Å². The van der Waals surface area contributed by atoms with Crippen LogP contribution in [-0.4, -0.2) is 19.9 Å². The van der Waals surface area contributed by atoms with Crippen LogP contribution in [0, 0.1) is 0 Å². The molecule has 258 valence electrons. The maximum absolute atomic E-state index is 5.31. The van der Waals surface area contributed by atoms with E-state index in [1.807, 2.05) is 72.0 Å². The van der Waals surface area contributed by atoms with E-state index in [9.17, 15) is 0 Å². The Morgan fingerprint density at radius 1 is 0.327 bits per heavy atom. The number of pyridine rings is 1. The van der Waals surface area contributed by atoms with E-state index in [1.54, 1.807) is 0 Å². The summed E-state index contributed by atoms with van der Waals surface area (Å²) < 4.78 is 1.24. The largest absolute Gasteiger partial charge is 0.247 e. The fraction of sp³-hybridized carbons (Fsp3) is 0. The van der Waals surface area contributed by atoms with Crippen LogP contribution in [0.4, 0.5) is 0 Å². The van der Waals surface area contributed by atoms with Crippen LogP contribution in [0.15, 0.2) is 194 Å². The van der Waals surface area contributed by atoms with Gasteiger partial charge in [-0.2, -0.15) is 0 Å². The summed E-state index contributed by atoms with van der Waals surface area (Å²) in [6, 6.07) is 67.4. The molecule has 0 bridgehead atoms. The summed E-state index contributed by atoms with van der Waals surface area (Å²) in [5.41, 5.74) is 11.7. The Balaban J connectivity index is 1.14. The van der Waals surface area contributed by atoms with Gasteiger partial charge >= 0.3 is 0 Å². The van der Waals surface area contributed by atoms with Crippen LogP contribution in [0.1, 0.15) is 0 Å². The SMILES string of the molecule is c1ccc(-c2nc(-c3ccccc3)nc(-c3cccc(-c4cccc(-c5sc6c(c(-c7ccccc7)nc7ccccc76)c5-c5ccccc5)c4)c3)n2)cc1. The molecule has 4 nitrogen and oxygen atoms in total. The first kappa shape index (κ1) is 32.6. The van der Waals surface area contributed by atoms with Gasteiger partial charge in [0.15, 0.2) is 17.5 Å². The average molecular weight is 721 g/mol. The molecule has 0 amide bonds. The molecule has 7 aromatic carbocycles. The van der Waals surface area contributed by atoms with E-state index in [-0.39, 0.29) is 0 Å². The third kappa shape index (κ3) is 6.17. The molecule has 0 N–H and O–H groups in total. The van der Waals surface area contributed by atoms with E-state index in [2.05, 4.69) is 133 Å². The monoisotopic (exact) mass is 720 g/mol. The molecular formula is C50H32N4S. The Morgan fingerprint density at radius 2 is 0.764 bits per heavy atom. The highest BCUT2D eigenvalue weighted by Gasteiger charge is 2.23. The molecule has 10 rings (SSSR count). The highest BCUT2D eigenvalue weighted by atomic mass is 32.1. The normalized spacial score (nSPS) is 11.3. The van der Waals surface area contributed by atoms with E-state index in [0.29, 0.717) is 17.5 Å². The van der Waals surface area contributed by atoms with Crippen molar-refractivity contribution in [3.05, 3.63) is 194 Å². The third-order valence-corrected chi connectivity index (χ3v) is 11.2. The number of benzene rings is 7. The maximum atomic E-state index is 5.31. The first-order chi connectivity index (χ1) is 27.3. The maximum Gasteiger partial charge on any atom is 0.164 e. The molecule has 0 aliphatic carbocycles. The second kappa shape index (κ2) is 14.0. The standard InChI is InChI=1S/C50H32N4S/c1-5-17-33(18-6-1)43-44-45(34-19-7-2-8-20-34)51-42-30-14-13-29-41(42)47(44)55-46(43)39-27-15-25-37(31-39)38-26-16-28-40(32-38)50-53-48(35-21-9-3-10-22-35)52-49(54-50)36-23-11-4-12-24-36/h1-32H. The zero-order valence-electron chi connectivity index (χ0n) is 29.7. The quantitative estimate of drug-likeness (QED) is 0.164. The van der Waals surface area contributed by atoms with Gasteiger partial charge < -0.3 is 0 Å². The molecule has 5 heteroatoms. The highest BCUT2D eigenvalue weighted by Crippen LogP contribution is 2.50. The number of hydrogen-bond donors (Lipinski definition) is 0. The second-order valence-corrected chi connectivity index (χ2v) is 14.4. The lowest BCUT2D eigenvalue weighted by Crippen LogP contribution is -2.00. The summed E-state index contributed by atoms with van der Waals surface area (Å²) >= 11 is 1.85. The molecule has 0 spiro atoms. The first-order valence-electron chi connectivity index (χ1n) is 18.3. The Labute approximate surface area is 323 Å². The number of thiophene rings is 1. The summed E-state index contributed by atoms with van der Waals surface area (Å²) in [6.07, 6.45) is 0. The Bertz CT molecular complexity index is 2900. The smallest absolute Gasteiger partial charge is 0.164 e. The van der Waals surface area contributed by atoms with Gasteiger partial charge in [0.2, 0.25) is 0 Å². The first-order valence-corrected chi connectivity index (χ1v) is 19.1. The van der Waals surface area contributed by atoms with Crippen molar-refractivity contribution in [2.75, 3.05) is 0 Å². The number of para-hydroxylation sites is 1. The molecule has 0 fully saturated rings. The Kier molecular flexibility index (Phi) is 8.32. The summed E-state index contributed by atoms with van der Waals surface area (Å²) in [7, 11) is 0. The van der Waals surface area contributed by atoms with E-state index >= 15 is 0 Å². The van der Waals surface area contributed by atoms with Gasteiger partial charge in [0.25, 0.3) is 0 Å². The van der Waals surface area contributed by atoms with Gasteiger partial charge in [-0.1, -0.05) is 176 Å². The number of hydrogen-bond acceptors (Lipinski definition) is 5. The minimum Gasteiger partial charge on any atom is -0.247 e. The molecular weight excluding hydrogens is 689 g/mol. The average Bonchev–Trinajstić information content (AvgIpc) is 3.69. The molecule has 55 heavy (non-hydrogen) atoms. The van der Waals surface area contributed by atoms with Crippen molar-refractivity contribution < 1.29 is 0 Å². The predicted molar refractivity (Wildman–Crippen MR) is 229 cm³/mol. The molecule has 0 radical (unpaired) electrons. The molecule has 3 heterocycles. The molecule has 0 saturated heterocycles. The summed E-state index contributed by atoms with van der Waals surface area (Å²) in [4.78, 5) is 21.4. The van der Waals surface area contributed by atoms with E-state index in [1.165, 1.54) is 26.1 Å². The van der Waals surface area contributed by atoms with Crippen LogP contribution in [0.25, 0.3) is 99.1 Å². The minimum atomic E-state index is 0.634. The van der Waals surface area contributed by atoms with Crippen LogP contribution in [0.2, 0.25) is 0 Å². The summed E-state index contributed by atoms with van der Waals surface area (Å²) in [5, 5.41) is 2.35. The molecule has 0 unspecified atom stereocenters. The van der Waals surface area contributed by atoms with Crippen LogP contribution in [0.5, 0.6) is 0 Å². The van der Waals surface area contributed by atoms with Crippen LogP contribution in [-0.2, 0) is 0 Å². The summed E-state index contributed by atoms with van der Waals surface area (Å²) in [6.45, 7) is 0. The topological polar surface area (TPSA) is 51.6 Å². The molecule has 0 aliphatic heterocycles. The third-order valence-electron chi connectivity index (χ3n) is 9.91. The lowest BCUT2D eigenvalue weighted by atomic mass is 9.94. The van der Waals surface area contributed by atoms with E-state index < -0.39 is 0 Å². The molecule has 0 atom stereocenters. The van der Waals surface area contributed by atoms with Crippen LogP contribution >= 0.6 is 11.3 Å². The van der Waals surface area contributed by atoms with Crippen molar-refractivity contribution in [1.82, 2.24) is 19.9 Å². The van der Waals surface area contributed by atoms with Gasteiger partial charge in [-0.25, -0.2) is 19.9 Å². The Hall–Kier alpha value is -7.08. The second-order valence-electron chi connectivity index (χ2n) is 13.4. The molecule has 10 aromatic rings. The zero-order valence-corrected chi connectivity index (χ0v) is 30.5. The number of fused-ring (bicyclic) bond motifs is 3. The van der Waals surface area contributed by atoms with Gasteiger partial charge in [0, 0.05) is 48.2 Å². The van der Waals surface area contributed by atoms with E-state index in [4.69, 9.17) is 19.9 Å². The fourth-order valence-electron chi connectivity index (χ4n) is 7.29. The Morgan fingerprint density at radius 3 is 1.36 bits per heavy atom. The number of aromatic nitrogens is 4. The highest BCUT2D eigenvalue weighted by molar-refractivity contribution is 7.24. The van der Waals surface area contributed by atoms with Gasteiger partial charge in [0.05, 0.1) is 11.2 Å². The van der Waals surface area contributed by atoms with Crippen molar-refractivity contribution in [2.24, 2.45) is 0 Å². The molecule has 0 saturated carbocycles. The van der Waals surface area contributed by atoms with Gasteiger partial charge in [-0.3, -0.25) is 0 Å². The van der Waals surface area contributed by atoms with Crippen molar-refractivity contribution in [3.63, 3.8) is 0 Å². The van der Waals surface area contributed by atoms with Crippen molar-refractivity contribution in [1.29, 1.82) is 0 Å².